The summed E-state index contributed by atoms with van der Waals surface area (Å²) in [5.41, 5.74) is 2.37. The van der Waals surface area contributed by atoms with E-state index >= 15 is 0 Å². The van der Waals surface area contributed by atoms with Crippen LogP contribution in [0.15, 0.2) is 65.5 Å². The van der Waals surface area contributed by atoms with Crippen molar-refractivity contribution in [3.63, 3.8) is 0 Å². The lowest BCUT2D eigenvalue weighted by molar-refractivity contribution is 0.208. The Bertz CT molecular complexity index is 1120. The van der Waals surface area contributed by atoms with E-state index in [9.17, 15) is 9.59 Å². The number of methoxy groups -OCH3 is 1. The van der Waals surface area contributed by atoms with Gasteiger partial charge in [-0.3, -0.25) is 4.79 Å². The number of aryl methyl sites for hydroxylation is 1. The summed E-state index contributed by atoms with van der Waals surface area (Å²) < 4.78 is 6.61. The van der Waals surface area contributed by atoms with Crippen molar-refractivity contribution in [2.75, 3.05) is 43.5 Å². The van der Waals surface area contributed by atoms with Crippen molar-refractivity contribution in [2.24, 2.45) is 0 Å². The predicted octanol–water partition coefficient (Wildman–Crippen LogP) is 2.90. The molecule has 4 rings (SSSR count). The van der Waals surface area contributed by atoms with Crippen molar-refractivity contribution in [2.45, 2.75) is 6.92 Å². The summed E-state index contributed by atoms with van der Waals surface area (Å²) in [7, 11) is 1.59. The van der Waals surface area contributed by atoms with Crippen LogP contribution in [0.3, 0.4) is 0 Å². The molecule has 0 radical (unpaired) electrons. The van der Waals surface area contributed by atoms with Gasteiger partial charge in [-0.1, -0.05) is 23.8 Å². The number of ether oxygens (including phenoxy) is 1. The predicted molar refractivity (Wildman–Crippen MR) is 120 cm³/mol. The molecule has 0 saturated carbocycles. The number of carbonyl (C=O) groups is 1. The summed E-state index contributed by atoms with van der Waals surface area (Å²) in [4.78, 5) is 28.8. The number of nitrogens with one attached hydrogen (secondary N) is 1. The zero-order valence-corrected chi connectivity index (χ0v) is 17.6. The lowest BCUT2D eigenvalue weighted by Gasteiger charge is -2.35. The highest BCUT2D eigenvalue weighted by molar-refractivity contribution is 5.89. The monoisotopic (exact) mass is 419 g/mol. The molecule has 3 aromatic rings. The van der Waals surface area contributed by atoms with Gasteiger partial charge in [0.1, 0.15) is 11.6 Å². The van der Waals surface area contributed by atoms with E-state index in [-0.39, 0.29) is 11.6 Å². The third kappa shape index (κ3) is 4.69. The Morgan fingerprint density at radius 3 is 2.45 bits per heavy atom. The Kier molecular flexibility index (Phi) is 5.88. The minimum atomic E-state index is -0.177. The van der Waals surface area contributed by atoms with Crippen molar-refractivity contribution in [1.29, 1.82) is 0 Å². The maximum atomic E-state index is 12.6. The fourth-order valence-electron chi connectivity index (χ4n) is 3.48. The number of amides is 2. The molecule has 2 aromatic carbocycles. The van der Waals surface area contributed by atoms with Crippen LogP contribution in [0.4, 0.5) is 16.3 Å². The fraction of sp³-hybridized carbons (Fsp3) is 0.261. The van der Waals surface area contributed by atoms with Crippen molar-refractivity contribution >= 4 is 17.5 Å². The summed E-state index contributed by atoms with van der Waals surface area (Å²) in [6, 6.07) is 18.1. The van der Waals surface area contributed by atoms with Crippen LogP contribution in [-0.4, -0.2) is 54.0 Å². The van der Waals surface area contributed by atoms with E-state index in [1.165, 1.54) is 10.7 Å². The summed E-state index contributed by atoms with van der Waals surface area (Å²) in [6.07, 6.45) is 0. The Morgan fingerprint density at radius 1 is 1.00 bits per heavy atom. The molecule has 2 heterocycles. The second kappa shape index (κ2) is 8.91. The second-order valence-electron chi connectivity index (χ2n) is 7.41. The van der Waals surface area contributed by atoms with Crippen LogP contribution in [0, 0.1) is 6.92 Å². The van der Waals surface area contributed by atoms with Gasteiger partial charge < -0.3 is 19.9 Å². The van der Waals surface area contributed by atoms with Crippen LogP contribution < -0.4 is 20.5 Å². The lowest BCUT2D eigenvalue weighted by Crippen LogP contribution is -2.50. The molecule has 1 saturated heterocycles. The van der Waals surface area contributed by atoms with Crippen molar-refractivity contribution in [3.05, 3.63) is 76.6 Å². The Hall–Kier alpha value is -3.81. The van der Waals surface area contributed by atoms with E-state index < -0.39 is 0 Å². The summed E-state index contributed by atoms with van der Waals surface area (Å²) in [6.45, 7) is 4.37. The first-order valence-electron chi connectivity index (χ1n) is 10.2. The van der Waals surface area contributed by atoms with Crippen LogP contribution in [0.1, 0.15) is 5.56 Å². The van der Waals surface area contributed by atoms with Crippen molar-refractivity contribution in [3.8, 4) is 11.4 Å². The molecule has 1 aliphatic rings. The van der Waals surface area contributed by atoms with Crippen molar-refractivity contribution < 1.29 is 9.53 Å². The standard InChI is InChI=1S/C23H25N5O3/c1-17-6-8-19(9-7-17)28-22(29)11-10-21(25-28)26-12-14-27(15-13-26)23(30)24-18-4-3-5-20(16-18)31-2/h3-11,16H,12-15H2,1-2H3,(H,24,30). The van der Waals surface area contributed by atoms with Gasteiger partial charge in [-0.2, -0.15) is 4.68 Å². The summed E-state index contributed by atoms with van der Waals surface area (Å²) in [5, 5.41) is 7.46. The van der Waals surface area contributed by atoms with Gasteiger partial charge in [-0.25, -0.2) is 4.79 Å². The molecular weight excluding hydrogens is 394 g/mol. The molecule has 160 valence electrons. The number of rotatable bonds is 4. The molecule has 1 aromatic heterocycles. The van der Waals surface area contributed by atoms with Crippen LogP contribution >= 0.6 is 0 Å². The van der Waals surface area contributed by atoms with Gasteiger partial charge in [-0.15, -0.1) is 5.10 Å². The summed E-state index contributed by atoms with van der Waals surface area (Å²) in [5.74, 6) is 1.41. The van der Waals surface area contributed by atoms with E-state index in [2.05, 4.69) is 15.3 Å². The smallest absolute Gasteiger partial charge is 0.321 e. The molecule has 0 atom stereocenters. The number of aromatic nitrogens is 2. The molecule has 8 heteroatoms. The number of urea groups is 1. The van der Waals surface area contributed by atoms with Gasteiger partial charge in [0.15, 0.2) is 0 Å². The largest absolute Gasteiger partial charge is 0.497 e. The number of nitrogens with zero attached hydrogens (tertiary/aromatic N) is 4. The van der Waals surface area contributed by atoms with Gasteiger partial charge in [0.05, 0.1) is 12.8 Å². The number of benzene rings is 2. The Balaban J connectivity index is 1.41. The van der Waals surface area contributed by atoms with E-state index in [1.807, 2.05) is 49.4 Å². The van der Waals surface area contributed by atoms with Gasteiger partial charge in [-0.05, 0) is 37.3 Å². The first-order valence-corrected chi connectivity index (χ1v) is 10.2. The highest BCUT2D eigenvalue weighted by atomic mass is 16.5. The third-order valence-electron chi connectivity index (χ3n) is 5.28. The van der Waals surface area contributed by atoms with Gasteiger partial charge in [0.2, 0.25) is 0 Å². The third-order valence-corrected chi connectivity index (χ3v) is 5.28. The molecular formula is C23H25N5O3. The molecule has 1 aliphatic heterocycles. The molecule has 31 heavy (non-hydrogen) atoms. The van der Waals surface area contributed by atoms with E-state index in [0.717, 1.165) is 11.3 Å². The molecule has 1 fully saturated rings. The number of piperazine rings is 1. The molecule has 1 N–H and O–H groups in total. The normalized spacial score (nSPS) is 13.7. The molecule has 0 bridgehead atoms. The first-order chi connectivity index (χ1) is 15.0. The molecule has 2 amide bonds. The van der Waals surface area contributed by atoms with Gasteiger partial charge in [0.25, 0.3) is 5.56 Å². The zero-order valence-electron chi connectivity index (χ0n) is 17.6. The van der Waals surface area contributed by atoms with Gasteiger partial charge in [0, 0.05) is 44.0 Å². The molecule has 8 nitrogen and oxygen atoms in total. The fourth-order valence-corrected chi connectivity index (χ4v) is 3.48. The van der Waals surface area contributed by atoms with Crippen LogP contribution in [0.2, 0.25) is 0 Å². The highest BCUT2D eigenvalue weighted by Gasteiger charge is 2.22. The molecule has 0 spiro atoms. The quantitative estimate of drug-likeness (QED) is 0.703. The maximum Gasteiger partial charge on any atom is 0.321 e. The molecule has 0 aliphatic carbocycles. The average Bonchev–Trinajstić information content (AvgIpc) is 2.80. The highest BCUT2D eigenvalue weighted by Crippen LogP contribution is 2.18. The Labute approximate surface area is 180 Å². The first kappa shape index (κ1) is 20.5. The minimum Gasteiger partial charge on any atom is -0.497 e. The van der Waals surface area contributed by atoms with E-state index in [0.29, 0.717) is 43.4 Å². The maximum absolute atomic E-state index is 12.6. The van der Waals surface area contributed by atoms with Gasteiger partial charge >= 0.3 is 6.03 Å². The van der Waals surface area contributed by atoms with Crippen LogP contribution in [-0.2, 0) is 0 Å². The average molecular weight is 419 g/mol. The SMILES string of the molecule is COc1cccc(NC(=O)N2CCN(c3ccc(=O)n(-c4ccc(C)cc4)n3)CC2)c1. The minimum absolute atomic E-state index is 0.148. The van der Waals surface area contributed by atoms with Crippen molar-refractivity contribution in [1.82, 2.24) is 14.7 Å². The number of anilines is 2. The zero-order chi connectivity index (χ0) is 21.8. The van der Waals surface area contributed by atoms with E-state index in [4.69, 9.17) is 4.74 Å². The number of hydrogen-bond acceptors (Lipinski definition) is 5. The molecule has 0 unspecified atom stereocenters. The lowest BCUT2D eigenvalue weighted by atomic mass is 10.2. The van der Waals surface area contributed by atoms with Crippen LogP contribution in [0.5, 0.6) is 5.75 Å². The topological polar surface area (TPSA) is 79.7 Å². The van der Waals surface area contributed by atoms with Crippen LogP contribution in [0.25, 0.3) is 5.69 Å². The second-order valence-corrected chi connectivity index (χ2v) is 7.41. The number of hydrogen-bond donors (Lipinski definition) is 1. The number of carbonyl (C=O) groups excluding carboxylic acids is 1. The van der Waals surface area contributed by atoms with E-state index in [1.54, 1.807) is 24.1 Å². The Morgan fingerprint density at radius 2 is 1.74 bits per heavy atom. The summed E-state index contributed by atoms with van der Waals surface area (Å²) >= 11 is 0.